The highest BCUT2D eigenvalue weighted by molar-refractivity contribution is 6.05. The van der Waals surface area contributed by atoms with Crippen molar-refractivity contribution in [2.45, 2.75) is 39.0 Å². The van der Waals surface area contributed by atoms with Crippen molar-refractivity contribution in [2.75, 3.05) is 7.11 Å². The Labute approximate surface area is 78.5 Å². The third kappa shape index (κ3) is 1.60. The van der Waals surface area contributed by atoms with Crippen molar-refractivity contribution in [3.63, 3.8) is 0 Å². The number of ether oxygens (including phenoxy) is 1. The first-order valence-corrected chi connectivity index (χ1v) is 4.79. The van der Waals surface area contributed by atoms with Crippen LogP contribution >= 0.6 is 0 Å². The number of hydrogen-bond donors (Lipinski definition) is 0. The van der Waals surface area contributed by atoms with Gasteiger partial charge in [-0.2, -0.15) is 0 Å². The minimum absolute atomic E-state index is 0.0706. The number of carbonyl (C=O) groups is 2. The maximum absolute atomic E-state index is 11.6. The maximum atomic E-state index is 11.6. The molecule has 0 aromatic heterocycles. The molecule has 0 N–H and O–H groups in total. The van der Waals surface area contributed by atoms with Gasteiger partial charge in [0.15, 0.2) is 0 Å². The van der Waals surface area contributed by atoms with E-state index in [1.165, 1.54) is 7.11 Å². The molecule has 74 valence electrons. The molecule has 13 heavy (non-hydrogen) atoms. The van der Waals surface area contributed by atoms with Crippen molar-refractivity contribution < 1.29 is 14.3 Å². The Morgan fingerprint density at radius 2 is 2.31 bits per heavy atom. The normalized spacial score (nSPS) is 27.7. The third-order valence-electron chi connectivity index (χ3n) is 2.79. The fourth-order valence-corrected chi connectivity index (χ4v) is 2.13. The molecule has 1 fully saturated rings. The van der Waals surface area contributed by atoms with Crippen molar-refractivity contribution in [3.8, 4) is 0 Å². The molecule has 3 nitrogen and oxygen atoms in total. The summed E-state index contributed by atoms with van der Waals surface area (Å²) in [5.74, 6) is -0.266. The summed E-state index contributed by atoms with van der Waals surface area (Å²) in [6.07, 6.45) is 3.52. The molecule has 1 aliphatic rings. The van der Waals surface area contributed by atoms with Crippen molar-refractivity contribution >= 4 is 11.8 Å². The predicted octanol–water partition coefficient (Wildman–Crippen LogP) is 1.70. The molecule has 1 atom stereocenters. The van der Waals surface area contributed by atoms with Gasteiger partial charge in [-0.05, 0) is 19.3 Å². The van der Waals surface area contributed by atoms with Gasteiger partial charge in [-0.3, -0.25) is 9.59 Å². The molecule has 0 unspecified atom stereocenters. The van der Waals surface area contributed by atoms with E-state index in [9.17, 15) is 9.59 Å². The van der Waals surface area contributed by atoms with Crippen molar-refractivity contribution in [1.82, 2.24) is 0 Å². The fourth-order valence-electron chi connectivity index (χ4n) is 2.13. The molecular formula is C10H16O3. The number of rotatable bonds is 3. The first-order valence-electron chi connectivity index (χ1n) is 4.79. The number of carbonyl (C=O) groups excluding carboxylic acids is 2. The lowest BCUT2D eigenvalue weighted by molar-refractivity contribution is -0.157. The highest BCUT2D eigenvalue weighted by Crippen LogP contribution is 2.39. The Morgan fingerprint density at radius 1 is 1.62 bits per heavy atom. The molecule has 0 spiro atoms. The molecule has 0 aliphatic heterocycles. The Bertz CT molecular complexity index is 222. The lowest BCUT2D eigenvalue weighted by atomic mass is 9.81. The van der Waals surface area contributed by atoms with Gasteiger partial charge < -0.3 is 4.74 Å². The van der Waals surface area contributed by atoms with Gasteiger partial charge in [0.2, 0.25) is 0 Å². The lowest BCUT2D eigenvalue weighted by Gasteiger charge is -2.23. The van der Waals surface area contributed by atoms with E-state index in [4.69, 9.17) is 4.74 Å². The van der Waals surface area contributed by atoms with Gasteiger partial charge in [-0.25, -0.2) is 0 Å². The molecular weight excluding hydrogens is 168 g/mol. The minimum atomic E-state index is -0.788. The fraction of sp³-hybridized carbons (Fsp3) is 0.800. The zero-order valence-corrected chi connectivity index (χ0v) is 8.26. The smallest absolute Gasteiger partial charge is 0.319 e. The van der Waals surface area contributed by atoms with Gasteiger partial charge in [-0.15, -0.1) is 0 Å². The molecule has 0 amide bonds. The summed E-state index contributed by atoms with van der Waals surface area (Å²) in [5.41, 5.74) is -0.788. The first kappa shape index (κ1) is 10.2. The molecule has 1 saturated carbocycles. The summed E-state index contributed by atoms with van der Waals surface area (Å²) in [5, 5.41) is 0. The second-order valence-corrected chi connectivity index (χ2v) is 3.60. The van der Waals surface area contributed by atoms with Crippen LogP contribution in [0.3, 0.4) is 0 Å². The van der Waals surface area contributed by atoms with E-state index in [2.05, 4.69) is 0 Å². The minimum Gasteiger partial charge on any atom is -0.468 e. The van der Waals surface area contributed by atoms with E-state index < -0.39 is 5.41 Å². The van der Waals surface area contributed by atoms with Gasteiger partial charge in [0.25, 0.3) is 0 Å². The maximum Gasteiger partial charge on any atom is 0.319 e. The summed E-state index contributed by atoms with van der Waals surface area (Å²) in [6, 6.07) is 0. The quantitative estimate of drug-likeness (QED) is 0.495. The average Bonchev–Trinajstić information content (AvgIpc) is 2.48. The summed E-state index contributed by atoms with van der Waals surface area (Å²) >= 11 is 0. The predicted molar refractivity (Wildman–Crippen MR) is 48.2 cm³/mol. The van der Waals surface area contributed by atoms with E-state index in [0.29, 0.717) is 19.3 Å². The molecule has 0 bridgehead atoms. The number of esters is 1. The Balaban J connectivity index is 2.86. The SMILES string of the molecule is CCC[C@@]1(C(=O)OC)CCCC1=O. The molecule has 1 rings (SSSR count). The first-order chi connectivity index (χ1) is 6.17. The van der Waals surface area contributed by atoms with E-state index in [1.54, 1.807) is 0 Å². The highest BCUT2D eigenvalue weighted by Gasteiger charge is 2.48. The van der Waals surface area contributed by atoms with Crippen LogP contribution in [0.2, 0.25) is 0 Å². The lowest BCUT2D eigenvalue weighted by Crippen LogP contribution is -2.36. The second kappa shape index (κ2) is 3.90. The highest BCUT2D eigenvalue weighted by atomic mass is 16.5. The summed E-state index contributed by atoms with van der Waals surface area (Å²) in [6.45, 7) is 1.98. The van der Waals surface area contributed by atoms with Crippen LogP contribution in [0.1, 0.15) is 39.0 Å². The van der Waals surface area contributed by atoms with Crippen molar-refractivity contribution in [3.05, 3.63) is 0 Å². The monoisotopic (exact) mass is 184 g/mol. The van der Waals surface area contributed by atoms with Crippen molar-refractivity contribution in [2.24, 2.45) is 5.41 Å². The van der Waals surface area contributed by atoms with Gasteiger partial charge in [0, 0.05) is 6.42 Å². The van der Waals surface area contributed by atoms with Gasteiger partial charge in [0.05, 0.1) is 7.11 Å². The van der Waals surface area contributed by atoms with E-state index in [1.807, 2.05) is 6.92 Å². The summed E-state index contributed by atoms with van der Waals surface area (Å²) < 4.78 is 4.70. The van der Waals surface area contributed by atoms with Crippen LogP contribution in [0.4, 0.5) is 0 Å². The molecule has 0 radical (unpaired) electrons. The summed E-state index contributed by atoms with van der Waals surface area (Å²) in [7, 11) is 1.35. The molecule has 3 heteroatoms. The number of hydrogen-bond acceptors (Lipinski definition) is 3. The zero-order valence-electron chi connectivity index (χ0n) is 8.26. The number of Topliss-reactive ketones (excluding diaryl/α,β-unsaturated/α-hetero) is 1. The van der Waals surface area contributed by atoms with E-state index in [0.717, 1.165) is 12.8 Å². The molecule has 0 saturated heterocycles. The van der Waals surface area contributed by atoms with Crippen LogP contribution < -0.4 is 0 Å². The third-order valence-corrected chi connectivity index (χ3v) is 2.79. The number of methoxy groups -OCH3 is 1. The van der Waals surface area contributed by atoms with Crippen LogP contribution in [0.5, 0.6) is 0 Å². The molecule has 0 aromatic carbocycles. The summed E-state index contributed by atoms with van der Waals surface area (Å²) in [4.78, 5) is 23.1. The standard InChI is InChI=1S/C10H16O3/c1-3-6-10(9(12)13-2)7-4-5-8(10)11/h3-7H2,1-2H3/t10-/m1/s1. The van der Waals surface area contributed by atoms with E-state index in [-0.39, 0.29) is 11.8 Å². The van der Waals surface area contributed by atoms with Gasteiger partial charge >= 0.3 is 5.97 Å². The second-order valence-electron chi connectivity index (χ2n) is 3.60. The van der Waals surface area contributed by atoms with Crippen LogP contribution in [-0.4, -0.2) is 18.9 Å². The molecule has 1 aliphatic carbocycles. The average molecular weight is 184 g/mol. The van der Waals surface area contributed by atoms with Crippen LogP contribution in [-0.2, 0) is 14.3 Å². The Morgan fingerprint density at radius 3 is 2.69 bits per heavy atom. The van der Waals surface area contributed by atoms with Crippen LogP contribution in [0, 0.1) is 5.41 Å². The molecule has 0 heterocycles. The largest absolute Gasteiger partial charge is 0.468 e. The van der Waals surface area contributed by atoms with Crippen LogP contribution in [0.15, 0.2) is 0 Å². The topological polar surface area (TPSA) is 43.4 Å². The van der Waals surface area contributed by atoms with Gasteiger partial charge in [-0.1, -0.05) is 13.3 Å². The Hall–Kier alpha value is -0.860. The molecule has 0 aromatic rings. The van der Waals surface area contributed by atoms with E-state index >= 15 is 0 Å². The number of ketones is 1. The zero-order chi connectivity index (χ0) is 9.90. The Kier molecular flexibility index (Phi) is 3.07. The van der Waals surface area contributed by atoms with Crippen LogP contribution in [0.25, 0.3) is 0 Å². The van der Waals surface area contributed by atoms with Crippen molar-refractivity contribution in [1.29, 1.82) is 0 Å². The van der Waals surface area contributed by atoms with Gasteiger partial charge in [0.1, 0.15) is 11.2 Å².